The number of benzene rings is 1. The minimum absolute atomic E-state index is 0.0735. The van der Waals surface area contributed by atoms with Crippen LogP contribution < -0.4 is 4.74 Å². The third-order valence-corrected chi connectivity index (χ3v) is 5.53. The number of β-amino-alcohol motifs (C(OH)–C–C–N with tert-alkyl or cyclic N) is 1. The first kappa shape index (κ1) is 17.1. The number of para-hydroxylation sites is 1. The van der Waals surface area contributed by atoms with Crippen LogP contribution in [0.1, 0.15) is 40.2 Å². The zero-order valence-electron chi connectivity index (χ0n) is 15.4. The summed E-state index contributed by atoms with van der Waals surface area (Å²) in [4.78, 5) is 14.6. The van der Waals surface area contributed by atoms with Gasteiger partial charge in [0.2, 0.25) is 0 Å². The van der Waals surface area contributed by atoms with Crippen molar-refractivity contribution < 1.29 is 14.6 Å². The Hall–Kier alpha value is -2.34. The van der Waals surface area contributed by atoms with Crippen LogP contribution in [0.15, 0.2) is 24.3 Å². The van der Waals surface area contributed by atoms with E-state index in [1.165, 1.54) is 5.69 Å². The average Bonchev–Trinajstić information content (AvgIpc) is 3.31. The van der Waals surface area contributed by atoms with Crippen LogP contribution in [0.3, 0.4) is 0 Å². The molecule has 26 heavy (non-hydrogen) atoms. The molecule has 1 aromatic carbocycles. The zero-order chi connectivity index (χ0) is 18.3. The van der Waals surface area contributed by atoms with Gasteiger partial charge in [-0.1, -0.05) is 18.2 Å². The zero-order valence-corrected chi connectivity index (χ0v) is 15.4. The molecule has 1 fully saturated rings. The van der Waals surface area contributed by atoms with E-state index in [1.54, 1.807) is 4.90 Å². The monoisotopic (exact) mass is 355 g/mol. The maximum atomic E-state index is 12.9. The van der Waals surface area contributed by atoms with Gasteiger partial charge in [0, 0.05) is 24.8 Å². The number of fused-ring (bicyclic) bond motifs is 1. The third kappa shape index (κ3) is 2.98. The van der Waals surface area contributed by atoms with E-state index in [2.05, 4.69) is 5.10 Å². The molecule has 1 aromatic heterocycles. The number of ether oxygens (including phenoxy) is 1. The summed E-state index contributed by atoms with van der Waals surface area (Å²) in [6, 6.07) is 7.75. The van der Waals surface area contributed by atoms with Gasteiger partial charge in [-0.15, -0.1) is 0 Å². The van der Waals surface area contributed by atoms with E-state index in [9.17, 15) is 9.90 Å². The highest BCUT2D eigenvalue weighted by Gasteiger charge is 2.41. The van der Waals surface area contributed by atoms with Crippen LogP contribution in [0.25, 0.3) is 0 Å². The lowest BCUT2D eigenvalue weighted by molar-refractivity contribution is 0.00405. The molecule has 1 aliphatic heterocycles. The van der Waals surface area contributed by atoms with E-state index in [4.69, 9.17) is 4.74 Å². The number of aryl methyl sites for hydroxylation is 2. The minimum Gasteiger partial charge on any atom is -0.490 e. The molecule has 2 aliphatic rings. The highest BCUT2D eigenvalue weighted by molar-refractivity contribution is 5.94. The summed E-state index contributed by atoms with van der Waals surface area (Å²) < 4.78 is 7.66. The molecule has 0 radical (unpaired) electrons. The van der Waals surface area contributed by atoms with Crippen molar-refractivity contribution in [3.63, 3.8) is 0 Å². The standard InChI is InChI=1S/C20H25N3O3/c1-14-6-3-4-9-17(14)26-13-20(25)10-11-23(12-20)19(24)18-15-7-5-8-16(15)22(2)21-18/h3-4,6,9,25H,5,7-8,10-13H2,1-2H3/t20-/m1/s1. The van der Waals surface area contributed by atoms with Crippen LogP contribution in [-0.2, 0) is 19.9 Å². The largest absolute Gasteiger partial charge is 0.490 e. The van der Waals surface area contributed by atoms with E-state index in [0.29, 0.717) is 18.7 Å². The number of carbonyl (C=O) groups is 1. The van der Waals surface area contributed by atoms with Crippen molar-refractivity contribution in [2.24, 2.45) is 7.05 Å². The Morgan fingerprint density at radius 1 is 1.35 bits per heavy atom. The molecule has 1 amide bonds. The first-order chi connectivity index (χ1) is 12.5. The highest BCUT2D eigenvalue weighted by atomic mass is 16.5. The normalized spacial score (nSPS) is 21.9. The lowest BCUT2D eigenvalue weighted by Gasteiger charge is -2.24. The van der Waals surface area contributed by atoms with E-state index < -0.39 is 5.60 Å². The van der Waals surface area contributed by atoms with Crippen molar-refractivity contribution in [3.8, 4) is 5.75 Å². The van der Waals surface area contributed by atoms with Crippen molar-refractivity contribution in [1.29, 1.82) is 0 Å². The molecule has 4 rings (SSSR count). The summed E-state index contributed by atoms with van der Waals surface area (Å²) in [6.07, 6.45) is 3.49. The predicted molar refractivity (Wildman–Crippen MR) is 97.4 cm³/mol. The van der Waals surface area contributed by atoms with Crippen LogP contribution in [0.4, 0.5) is 0 Å². The summed E-state index contributed by atoms with van der Waals surface area (Å²) in [6.45, 7) is 2.97. The maximum absolute atomic E-state index is 12.9. The van der Waals surface area contributed by atoms with Gasteiger partial charge < -0.3 is 14.7 Å². The van der Waals surface area contributed by atoms with Gasteiger partial charge in [-0.05, 0) is 44.2 Å². The Kier molecular flexibility index (Phi) is 4.23. The van der Waals surface area contributed by atoms with Gasteiger partial charge in [0.1, 0.15) is 18.0 Å². The van der Waals surface area contributed by atoms with E-state index in [0.717, 1.165) is 36.1 Å². The fraction of sp³-hybridized carbons (Fsp3) is 0.500. The molecule has 138 valence electrons. The Balaban J connectivity index is 1.44. The van der Waals surface area contributed by atoms with Crippen LogP contribution in [0.2, 0.25) is 0 Å². The second kappa shape index (κ2) is 6.43. The van der Waals surface area contributed by atoms with Crippen molar-refractivity contribution >= 4 is 5.91 Å². The second-order valence-corrected chi connectivity index (χ2v) is 7.51. The van der Waals surface area contributed by atoms with Gasteiger partial charge in [0.25, 0.3) is 5.91 Å². The van der Waals surface area contributed by atoms with Gasteiger partial charge in [0.15, 0.2) is 5.69 Å². The molecule has 0 unspecified atom stereocenters. The van der Waals surface area contributed by atoms with E-state index >= 15 is 0 Å². The predicted octanol–water partition coefficient (Wildman–Crippen LogP) is 1.87. The fourth-order valence-electron chi connectivity index (χ4n) is 4.01. The van der Waals surface area contributed by atoms with Gasteiger partial charge in [0.05, 0.1) is 6.54 Å². The van der Waals surface area contributed by atoms with Crippen molar-refractivity contribution in [2.75, 3.05) is 19.7 Å². The van der Waals surface area contributed by atoms with Crippen molar-refractivity contribution in [2.45, 2.75) is 38.2 Å². The smallest absolute Gasteiger partial charge is 0.274 e. The molecule has 1 atom stereocenters. The number of rotatable bonds is 4. The lowest BCUT2D eigenvalue weighted by atomic mass is 10.1. The molecular weight excluding hydrogens is 330 g/mol. The summed E-state index contributed by atoms with van der Waals surface area (Å²) in [5.41, 5.74) is 2.83. The number of hydrogen-bond acceptors (Lipinski definition) is 4. The number of aliphatic hydroxyl groups is 1. The fourth-order valence-corrected chi connectivity index (χ4v) is 4.01. The number of likely N-dealkylation sites (tertiary alicyclic amines) is 1. The van der Waals surface area contributed by atoms with E-state index in [-0.39, 0.29) is 19.1 Å². The summed E-state index contributed by atoms with van der Waals surface area (Å²) in [7, 11) is 1.90. The molecule has 0 saturated carbocycles. The van der Waals surface area contributed by atoms with Crippen molar-refractivity contribution in [3.05, 3.63) is 46.8 Å². The third-order valence-electron chi connectivity index (χ3n) is 5.53. The Bertz CT molecular complexity index is 845. The molecule has 6 nitrogen and oxygen atoms in total. The maximum Gasteiger partial charge on any atom is 0.274 e. The molecule has 2 heterocycles. The van der Waals surface area contributed by atoms with Crippen LogP contribution in [-0.4, -0.2) is 51.0 Å². The van der Waals surface area contributed by atoms with Crippen molar-refractivity contribution in [1.82, 2.24) is 14.7 Å². The summed E-state index contributed by atoms with van der Waals surface area (Å²) >= 11 is 0. The molecular formula is C20H25N3O3. The molecule has 1 aliphatic carbocycles. The number of aromatic nitrogens is 2. The Labute approximate surface area is 153 Å². The molecule has 2 aromatic rings. The van der Waals surface area contributed by atoms with Gasteiger partial charge in [-0.2, -0.15) is 5.10 Å². The first-order valence-corrected chi connectivity index (χ1v) is 9.22. The average molecular weight is 355 g/mol. The first-order valence-electron chi connectivity index (χ1n) is 9.22. The lowest BCUT2D eigenvalue weighted by Crippen LogP contribution is -2.41. The highest BCUT2D eigenvalue weighted by Crippen LogP contribution is 2.29. The van der Waals surface area contributed by atoms with Gasteiger partial charge in [-0.3, -0.25) is 9.48 Å². The second-order valence-electron chi connectivity index (χ2n) is 7.51. The number of carbonyl (C=O) groups excluding carboxylic acids is 1. The Morgan fingerprint density at radius 3 is 2.96 bits per heavy atom. The van der Waals surface area contributed by atoms with Gasteiger partial charge in [-0.25, -0.2) is 0 Å². The molecule has 1 N–H and O–H groups in total. The number of nitrogens with zero attached hydrogens (tertiary/aromatic N) is 3. The Morgan fingerprint density at radius 2 is 2.15 bits per heavy atom. The number of amides is 1. The summed E-state index contributed by atoms with van der Waals surface area (Å²) in [5.74, 6) is 0.698. The van der Waals surface area contributed by atoms with E-state index in [1.807, 2.05) is 42.9 Å². The molecule has 1 saturated heterocycles. The van der Waals surface area contributed by atoms with Crippen LogP contribution in [0, 0.1) is 6.92 Å². The molecule has 6 heteroatoms. The molecule has 0 spiro atoms. The summed E-state index contributed by atoms with van der Waals surface area (Å²) in [5, 5.41) is 15.3. The van der Waals surface area contributed by atoms with Gasteiger partial charge >= 0.3 is 0 Å². The topological polar surface area (TPSA) is 67.6 Å². The van der Waals surface area contributed by atoms with Crippen LogP contribution >= 0.6 is 0 Å². The molecule has 0 bridgehead atoms. The van der Waals surface area contributed by atoms with Crippen LogP contribution in [0.5, 0.6) is 5.75 Å². The minimum atomic E-state index is -1.02. The SMILES string of the molecule is Cc1ccccc1OC[C@@]1(O)CCN(C(=O)c2nn(C)c3c2CCC3)C1. The number of hydrogen-bond donors (Lipinski definition) is 1. The quantitative estimate of drug-likeness (QED) is 0.909.